The number of benzene rings is 1. The van der Waals surface area contributed by atoms with Crippen molar-refractivity contribution in [3.63, 3.8) is 0 Å². The normalized spacial score (nSPS) is 18.3. The third-order valence-corrected chi connectivity index (χ3v) is 5.05. The predicted octanol–water partition coefficient (Wildman–Crippen LogP) is 5.30. The number of rotatable bonds is 6. The Morgan fingerprint density at radius 3 is 2.85 bits per heavy atom. The molecule has 0 bridgehead atoms. The van der Waals surface area contributed by atoms with E-state index in [1.165, 1.54) is 4.68 Å². The Labute approximate surface area is 164 Å². The van der Waals surface area contributed by atoms with Gasteiger partial charge in [0.2, 0.25) is 5.91 Å². The molecule has 0 spiro atoms. The molecule has 2 unspecified atom stereocenters. The quantitative estimate of drug-likeness (QED) is 0.638. The third kappa shape index (κ3) is 3.72. The van der Waals surface area contributed by atoms with Crippen LogP contribution in [0.2, 0.25) is 5.02 Å². The number of fused-ring (bicyclic) bond motifs is 1. The molecule has 5 nitrogen and oxygen atoms in total. The second-order valence-corrected chi connectivity index (χ2v) is 6.94. The average Bonchev–Trinajstić information content (AvgIpc) is 3.09. The first kappa shape index (κ1) is 19.1. The summed E-state index contributed by atoms with van der Waals surface area (Å²) in [6, 6.07) is 9.91. The van der Waals surface area contributed by atoms with Crippen molar-refractivity contribution in [3.8, 4) is 6.07 Å². The van der Waals surface area contributed by atoms with Crippen LogP contribution in [0, 0.1) is 17.2 Å². The van der Waals surface area contributed by atoms with Gasteiger partial charge in [-0.05, 0) is 24.5 Å². The molecule has 138 valence electrons. The molecule has 1 aromatic heterocycles. The Balaban J connectivity index is 2.13. The SMILES string of the molecule is C=CCCC(=O)n1cc2c(n1)N=C(CCC)C(C#N)C2c1ccccc1Cl. The predicted molar refractivity (Wildman–Crippen MR) is 107 cm³/mol. The molecule has 2 heterocycles. The van der Waals surface area contributed by atoms with Gasteiger partial charge in [-0.25, -0.2) is 9.67 Å². The highest BCUT2D eigenvalue weighted by atomic mass is 35.5. The Kier molecular flexibility index (Phi) is 5.88. The smallest absolute Gasteiger partial charge is 0.247 e. The minimum absolute atomic E-state index is 0.122. The number of hydrogen-bond acceptors (Lipinski definition) is 4. The van der Waals surface area contributed by atoms with Crippen molar-refractivity contribution >= 4 is 29.0 Å². The van der Waals surface area contributed by atoms with Crippen molar-refractivity contribution in [2.75, 3.05) is 0 Å². The standard InChI is InChI=1S/C21H21ClN4O/c1-3-5-11-19(27)26-13-16-20(14-9-6-7-10-17(14)22)15(12-23)18(8-4-2)24-21(16)25-26/h3,6-7,9-10,13,15,20H,1,4-5,8,11H2,2H3. The van der Waals surface area contributed by atoms with Gasteiger partial charge in [-0.15, -0.1) is 11.7 Å². The number of halogens is 1. The summed E-state index contributed by atoms with van der Waals surface area (Å²) >= 11 is 6.45. The van der Waals surface area contributed by atoms with Crippen LogP contribution >= 0.6 is 11.6 Å². The molecule has 2 atom stereocenters. The number of hydrogen-bond donors (Lipinski definition) is 0. The van der Waals surface area contributed by atoms with Crippen molar-refractivity contribution in [3.05, 3.63) is 59.3 Å². The fourth-order valence-corrected chi connectivity index (χ4v) is 3.67. The number of carbonyl (C=O) groups excluding carboxylic acids is 1. The van der Waals surface area contributed by atoms with Crippen molar-refractivity contribution in [1.82, 2.24) is 9.78 Å². The van der Waals surface area contributed by atoms with Gasteiger partial charge < -0.3 is 0 Å². The minimum Gasteiger partial charge on any atom is -0.273 e. The van der Waals surface area contributed by atoms with E-state index in [9.17, 15) is 10.1 Å². The second-order valence-electron chi connectivity index (χ2n) is 6.53. The van der Waals surface area contributed by atoms with Crippen molar-refractivity contribution in [2.45, 2.75) is 38.5 Å². The lowest BCUT2D eigenvalue weighted by Crippen LogP contribution is -2.25. The molecule has 1 aromatic carbocycles. The lowest BCUT2D eigenvalue weighted by Gasteiger charge is -2.27. The molecule has 0 N–H and O–H groups in total. The first-order valence-corrected chi connectivity index (χ1v) is 9.43. The molecular weight excluding hydrogens is 360 g/mol. The highest BCUT2D eigenvalue weighted by Gasteiger charge is 2.37. The zero-order valence-corrected chi connectivity index (χ0v) is 16.0. The summed E-state index contributed by atoms with van der Waals surface area (Å²) in [6.07, 6.45) is 5.90. The van der Waals surface area contributed by atoms with E-state index in [0.717, 1.165) is 23.3 Å². The summed E-state index contributed by atoms with van der Waals surface area (Å²) in [4.78, 5) is 17.0. The number of carbonyl (C=O) groups is 1. The van der Waals surface area contributed by atoms with Gasteiger partial charge in [0.1, 0.15) is 0 Å². The Morgan fingerprint density at radius 1 is 1.41 bits per heavy atom. The van der Waals surface area contributed by atoms with Gasteiger partial charge in [-0.2, -0.15) is 5.26 Å². The third-order valence-electron chi connectivity index (χ3n) is 4.70. The number of nitrogens with zero attached hydrogens (tertiary/aromatic N) is 4. The monoisotopic (exact) mass is 380 g/mol. The molecule has 0 fully saturated rings. The molecule has 27 heavy (non-hydrogen) atoms. The molecule has 2 aromatic rings. The topological polar surface area (TPSA) is 71.0 Å². The van der Waals surface area contributed by atoms with E-state index < -0.39 is 5.92 Å². The number of aliphatic imine (C=N–C) groups is 1. The number of allylic oxidation sites excluding steroid dienone is 1. The van der Waals surface area contributed by atoms with Gasteiger partial charge in [0.05, 0.1) is 12.0 Å². The van der Waals surface area contributed by atoms with Gasteiger partial charge in [0, 0.05) is 34.8 Å². The average molecular weight is 381 g/mol. The first-order chi connectivity index (χ1) is 13.1. The van der Waals surface area contributed by atoms with E-state index >= 15 is 0 Å². The van der Waals surface area contributed by atoms with Crippen LogP contribution in [0.1, 0.15) is 54.4 Å². The summed E-state index contributed by atoms with van der Waals surface area (Å²) in [5.41, 5.74) is 2.41. The molecule has 3 rings (SSSR count). The van der Waals surface area contributed by atoms with Crippen molar-refractivity contribution in [1.29, 1.82) is 5.26 Å². The van der Waals surface area contributed by atoms with E-state index in [4.69, 9.17) is 11.6 Å². The van der Waals surface area contributed by atoms with Crippen molar-refractivity contribution in [2.24, 2.45) is 10.9 Å². The minimum atomic E-state index is -0.432. The molecule has 0 saturated heterocycles. The largest absolute Gasteiger partial charge is 0.273 e. The van der Waals surface area contributed by atoms with Gasteiger partial charge in [-0.1, -0.05) is 49.2 Å². The summed E-state index contributed by atoms with van der Waals surface area (Å²) < 4.78 is 1.34. The maximum absolute atomic E-state index is 12.4. The molecular formula is C21H21ClN4O. The first-order valence-electron chi connectivity index (χ1n) is 9.05. The summed E-state index contributed by atoms with van der Waals surface area (Å²) in [6.45, 7) is 5.70. The Morgan fingerprint density at radius 2 is 2.19 bits per heavy atom. The maximum atomic E-state index is 12.4. The molecule has 0 saturated carbocycles. The van der Waals surface area contributed by atoms with E-state index in [1.807, 2.05) is 31.2 Å². The van der Waals surface area contributed by atoms with Crippen LogP contribution in [0.4, 0.5) is 5.82 Å². The van der Waals surface area contributed by atoms with Crippen LogP contribution in [0.3, 0.4) is 0 Å². The van der Waals surface area contributed by atoms with Gasteiger partial charge in [0.25, 0.3) is 0 Å². The fraction of sp³-hybridized carbons (Fsp3) is 0.333. The Hall–Kier alpha value is -2.71. The molecule has 1 aliphatic rings. The van der Waals surface area contributed by atoms with Crippen LogP contribution in [-0.2, 0) is 0 Å². The van der Waals surface area contributed by atoms with E-state index in [-0.39, 0.29) is 11.8 Å². The number of aromatic nitrogens is 2. The van der Waals surface area contributed by atoms with Gasteiger partial charge in [0.15, 0.2) is 5.82 Å². The summed E-state index contributed by atoms with van der Waals surface area (Å²) in [5, 5.41) is 14.9. The lowest BCUT2D eigenvalue weighted by molar-refractivity contribution is 0.0888. The zero-order chi connectivity index (χ0) is 19.4. The molecule has 1 aliphatic heterocycles. The van der Waals surface area contributed by atoms with Gasteiger partial charge >= 0.3 is 0 Å². The number of nitriles is 1. The molecule has 0 radical (unpaired) electrons. The van der Waals surface area contributed by atoms with Crippen LogP contribution in [0.25, 0.3) is 0 Å². The molecule has 0 amide bonds. The van der Waals surface area contributed by atoms with Crippen LogP contribution < -0.4 is 0 Å². The van der Waals surface area contributed by atoms with E-state index in [0.29, 0.717) is 30.1 Å². The fourth-order valence-electron chi connectivity index (χ4n) is 3.42. The van der Waals surface area contributed by atoms with Crippen LogP contribution in [0.5, 0.6) is 0 Å². The van der Waals surface area contributed by atoms with Gasteiger partial charge in [-0.3, -0.25) is 4.79 Å². The summed E-state index contributed by atoms with van der Waals surface area (Å²) in [7, 11) is 0. The Bertz CT molecular complexity index is 938. The summed E-state index contributed by atoms with van der Waals surface area (Å²) in [5.74, 6) is -0.346. The highest BCUT2D eigenvalue weighted by molar-refractivity contribution is 6.31. The maximum Gasteiger partial charge on any atom is 0.247 e. The van der Waals surface area contributed by atoms with E-state index in [1.54, 1.807) is 12.3 Å². The van der Waals surface area contributed by atoms with Crippen molar-refractivity contribution < 1.29 is 4.79 Å². The molecule has 0 aliphatic carbocycles. The molecule has 6 heteroatoms. The van der Waals surface area contributed by atoms with E-state index in [2.05, 4.69) is 22.7 Å². The van der Waals surface area contributed by atoms with Crippen LogP contribution in [0.15, 0.2) is 48.1 Å². The lowest BCUT2D eigenvalue weighted by atomic mass is 9.77. The second kappa shape index (κ2) is 8.32. The van der Waals surface area contributed by atoms with Crippen LogP contribution in [-0.4, -0.2) is 21.4 Å². The highest BCUT2D eigenvalue weighted by Crippen LogP contribution is 2.44. The zero-order valence-electron chi connectivity index (χ0n) is 15.2.